The van der Waals surface area contributed by atoms with E-state index >= 15 is 0 Å². The third kappa shape index (κ3) is 5.57. The number of hydrogen-bond donors (Lipinski definition) is 1. The van der Waals surface area contributed by atoms with Crippen molar-refractivity contribution in [1.29, 1.82) is 0 Å². The van der Waals surface area contributed by atoms with Gasteiger partial charge in [0.05, 0.1) is 5.75 Å². The van der Waals surface area contributed by atoms with E-state index in [0.717, 1.165) is 11.6 Å². The van der Waals surface area contributed by atoms with Crippen LogP contribution in [0, 0.1) is 0 Å². The maximum atomic E-state index is 12.1. The Labute approximate surface area is 178 Å². The molecule has 9 heteroatoms. The van der Waals surface area contributed by atoms with Gasteiger partial charge in [-0.3, -0.25) is 4.79 Å². The van der Waals surface area contributed by atoms with Gasteiger partial charge in [-0.2, -0.15) is 0 Å². The monoisotopic (exact) mass is 431 g/mol. The van der Waals surface area contributed by atoms with Crippen LogP contribution in [-0.4, -0.2) is 31.4 Å². The summed E-state index contributed by atoms with van der Waals surface area (Å²) in [6.45, 7) is 9.00. The van der Waals surface area contributed by atoms with Gasteiger partial charge in [0.25, 0.3) is 0 Å². The predicted octanol–water partition coefficient (Wildman–Crippen LogP) is 4.75. The van der Waals surface area contributed by atoms with E-state index in [1.54, 1.807) is 6.20 Å². The summed E-state index contributed by atoms with van der Waals surface area (Å²) < 4.78 is 8.05. The van der Waals surface area contributed by atoms with Crippen LogP contribution in [-0.2, 0) is 11.3 Å². The molecule has 1 unspecified atom stereocenters. The smallest absolute Gasteiger partial charge is 0.236 e. The number of amides is 1. The van der Waals surface area contributed by atoms with Gasteiger partial charge in [0.2, 0.25) is 5.91 Å². The second kappa shape index (κ2) is 9.89. The third-order valence-corrected chi connectivity index (χ3v) is 5.95. The Morgan fingerprint density at radius 2 is 2.00 bits per heavy atom. The first-order valence-corrected chi connectivity index (χ1v) is 11.4. The molecule has 2 heterocycles. The maximum Gasteiger partial charge on any atom is 0.236 e. The molecule has 3 rings (SSSR count). The van der Waals surface area contributed by atoms with Crippen LogP contribution in [0.25, 0.3) is 0 Å². The second-order valence-corrected chi connectivity index (χ2v) is 8.58. The molecule has 2 aromatic heterocycles. The molecule has 1 N–H and O–H groups in total. The third-order valence-electron chi connectivity index (χ3n) is 4.30. The minimum atomic E-state index is -0.258. The summed E-state index contributed by atoms with van der Waals surface area (Å²) >= 11 is 2.74. The number of ether oxygens (including phenoxy) is 1. The zero-order valence-corrected chi connectivity index (χ0v) is 18.6. The molecule has 154 valence electrons. The number of anilines is 1. The molecular weight excluding hydrogens is 406 g/mol. The van der Waals surface area contributed by atoms with Gasteiger partial charge < -0.3 is 14.6 Å². The Balaban J connectivity index is 1.62. The van der Waals surface area contributed by atoms with Gasteiger partial charge in [0, 0.05) is 18.1 Å². The molecule has 7 nitrogen and oxygen atoms in total. The fourth-order valence-corrected chi connectivity index (χ4v) is 4.12. The number of hydrogen-bond acceptors (Lipinski definition) is 7. The number of thioether (sulfide) groups is 1. The highest BCUT2D eigenvalue weighted by atomic mass is 32.2. The Morgan fingerprint density at radius 3 is 2.62 bits per heavy atom. The van der Waals surface area contributed by atoms with Crippen molar-refractivity contribution in [3.63, 3.8) is 0 Å². The Morgan fingerprint density at radius 1 is 1.24 bits per heavy atom. The van der Waals surface area contributed by atoms with Crippen molar-refractivity contribution in [3.8, 4) is 5.75 Å². The Kier molecular flexibility index (Phi) is 7.27. The van der Waals surface area contributed by atoms with Crippen LogP contribution in [0.4, 0.5) is 5.13 Å². The predicted molar refractivity (Wildman–Crippen MR) is 117 cm³/mol. The van der Waals surface area contributed by atoms with Crippen molar-refractivity contribution in [2.45, 2.75) is 51.4 Å². The fourth-order valence-electron chi connectivity index (χ4n) is 2.76. The summed E-state index contributed by atoms with van der Waals surface area (Å²) in [5, 5.41) is 14.4. The number of carbonyl (C=O) groups is 1. The fraction of sp³-hybridized carbons (Fsp3) is 0.400. The molecule has 0 spiro atoms. The lowest BCUT2D eigenvalue weighted by Crippen LogP contribution is -2.15. The molecule has 0 fully saturated rings. The van der Waals surface area contributed by atoms with E-state index in [-0.39, 0.29) is 17.8 Å². The van der Waals surface area contributed by atoms with E-state index in [0.29, 0.717) is 22.8 Å². The van der Waals surface area contributed by atoms with Crippen LogP contribution in [0.2, 0.25) is 0 Å². The molecule has 0 radical (unpaired) electrons. The summed E-state index contributed by atoms with van der Waals surface area (Å²) in [5.74, 6) is 2.14. The molecule has 0 bridgehead atoms. The van der Waals surface area contributed by atoms with Crippen LogP contribution in [0.15, 0.2) is 41.0 Å². The Hall–Kier alpha value is -2.39. The van der Waals surface area contributed by atoms with E-state index in [1.807, 2.05) is 35.9 Å². The van der Waals surface area contributed by atoms with Crippen molar-refractivity contribution in [2.75, 3.05) is 11.1 Å². The number of rotatable bonds is 9. The zero-order valence-electron chi connectivity index (χ0n) is 17.0. The van der Waals surface area contributed by atoms with Gasteiger partial charge >= 0.3 is 0 Å². The van der Waals surface area contributed by atoms with E-state index in [9.17, 15) is 4.79 Å². The average molecular weight is 432 g/mol. The maximum absolute atomic E-state index is 12.1. The van der Waals surface area contributed by atoms with Crippen LogP contribution >= 0.6 is 23.1 Å². The highest BCUT2D eigenvalue weighted by Crippen LogP contribution is 2.26. The quantitative estimate of drug-likeness (QED) is 0.493. The molecule has 3 aromatic rings. The van der Waals surface area contributed by atoms with Crippen LogP contribution < -0.4 is 10.1 Å². The SMILES string of the molecule is CCn1c(SCC(=O)Nc2nccs2)nnc1C(C)Oc1ccc(C(C)C)cc1. The standard InChI is InChI=1S/C20H25N5O2S2/c1-5-25-18(14(4)27-16-8-6-15(7-9-16)13(2)3)23-24-20(25)29-12-17(26)22-19-21-10-11-28-19/h6-11,13-14H,5,12H2,1-4H3,(H,21,22,26). The van der Waals surface area contributed by atoms with Crippen molar-refractivity contribution in [2.24, 2.45) is 0 Å². The van der Waals surface area contributed by atoms with Crippen molar-refractivity contribution < 1.29 is 9.53 Å². The minimum Gasteiger partial charge on any atom is -0.483 e. The summed E-state index contributed by atoms with van der Waals surface area (Å²) in [6, 6.07) is 8.13. The number of thiazole rings is 1. The average Bonchev–Trinajstić information content (AvgIpc) is 3.36. The second-order valence-electron chi connectivity index (χ2n) is 6.74. The van der Waals surface area contributed by atoms with E-state index < -0.39 is 0 Å². The van der Waals surface area contributed by atoms with Gasteiger partial charge in [-0.15, -0.1) is 21.5 Å². The molecule has 0 saturated carbocycles. The first-order valence-electron chi connectivity index (χ1n) is 9.49. The first-order chi connectivity index (χ1) is 14.0. The largest absolute Gasteiger partial charge is 0.483 e. The van der Waals surface area contributed by atoms with Gasteiger partial charge in [-0.1, -0.05) is 37.7 Å². The number of nitrogens with zero attached hydrogens (tertiary/aromatic N) is 4. The summed E-state index contributed by atoms with van der Waals surface area (Å²) in [4.78, 5) is 16.1. The molecule has 29 heavy (non-hydrogen) atoms. The van der Waals surface area contributed by atoms with Gasteiger partial charge in [-0.05, 0) is 37.5 Å². The normalized spacial score (nSPS) is 12.2. The summed E-state index contributed by atoms with van der Waals surface area (Å²) in [6.07, 6.45) is 1.40. The van der Waals surface area contributed by atoms with Crippen molar-refractivity contribution >= 4 is 34.1 Å². The van der Waals surface area contributed by atoms with E-state index in [2.05, 4.69) is 46.5 Å². The summed E-state index contributed by atoms with van der Waals surface area (Å²) in [7, 11) is 0. The number of carbonyl (C=O) groups excluding carboxylic acids is 1. The molecule has 1 amide bonds. The molecule has 1 aromatic carbocycles. The van der Waals surface area contributed by atoms with Gasteiger partial charge in [0.1, 0.15) is 5.75 Å². The van der Waals surface area contributed by atoms with Crippen LogP contribution in [0.3, 0.4) is 0 Å². The molecule has 0 aliphatic rings. The molecule has 0 saturated heterocycles. The molecule has 1 atom stereocenters. The zero-order chi connectivity index (χ0) is 20.8. The van der Waals surface area contributed by atoms with Crippen molar-refractivity contribution in [1.82, 2.24) is 19.7 Å². The topological polar surface area (TPSA) is 81.9 Å². The van der Waals surface area contributed by atoms with Crippen LogP contribution in [0.1, 0.15) is 51.1 Å². The molecule has 0 aliphatic carbocycles. The highest BCUT2D eigenvalue weighted by molar-refractivity contribution is 7.99. The number of nitrogens with one attached hydrogen (secondary N) is 1. The molecular formula is C20H25N5O2S2. The van der Waals surface area contributed by atoms with Gasteiger partial charge in [0.15, 0.2) is 22.2 Å². The van der Waals surface area contributed by atoms with Crippen LogP contribution in [0.5, 0.6) is 5.75 Å². The highest BCUT2D eigenvalue weighted by Gasteiger charge is 2.19. The van der Waals surface area contributed by atoms with Gasteiger partial charge in [-0.25, -0.2) is 4.98 Å². The lowest BCUT2D eigenvalue weighted by molar-refractivity contribution is -0.113. The number of benzene rings is 1. The Bertz CT molecular complexity index is 923. The van der Waals surface area contributed by atoms with Crippen molar-refractivity contribution in [3.05, 3.63) is 47.2 Å². The lowest BCUT2D eigenvalue weighted by Gasteiger charge is -2.16. The molecule has 0 aliphatic heterocycles. The number of aromatic nitrogens is 4. The minimum absolute atomic E-state index is 0.119. The summed E-state index contributed by atoms with van der Waals surface area (Å²) in [5.41, 5.74) is 1.27. The van der Waals surface area contributed by atoms with E-state index in [4.69, 9.17) is 4.74 Å². The van der Waals surface area contributed by atoms with E-state index in [1.165, 1.54) is 28.7 Å². The first kappa shape index (κ1) is 21.3. The lowest BCUT2D eigenvalue weighted by atomic mass is 10.0.